The van der Waals surface area contributed by atoms with Gasteiger partial charge in [-0.3, -0.25) is 0 Å². The van der Waals surface area contributed by atoms with Crippen LogP contribution in [0.25, 0.3) is 0 Å². The van der Waals surface area contributed by atoms with Gasteiger partial charge in [-0.25, -0.2) is 8.42 Å². The Balaban J connectivity index is 3.90. The maximum Gasteiger partial charge on any atom is 0.418 e. The molecule has 1 aromatic carbocycles. The van der Waals surface area contributed by atoms with Crippen molar-refractivity contribution < 1.29 is 21.6 Å². The lowest BCUT2D eigenvalue weighted by Crippen LogP contribution is -2.15. The zero-order chi connectivity index (χ0) is 14.1. The first kappa shape index (κ1) is 15.1. The van der Waals surface area contributed by atoms with Gasteiger partial charge in [0.05, 0.1) is 11.1 Å². The van der Waals surface area contributed by atoms with Crippen LogP contribution < -0.4 is 0 Å². The number of nitrogens with zero attached hydrogens (tertiary/aromatic N) is 1. The van der Waals surface area contributed by atoms with Crippen molar-refractivity contribution in [2.45, 2.75) is 17.0 Å². The van der Waals surface area contributed by atoms with E-state index in [9.17, 15) is 21.6 Å². The highest BCUT2D eigenvalue weighted by Gasteiger charge is 2.40. The third kappa shape index (κ3) is 2.88. The average Bonchev–Trinajstić information content (AvgIpc) is 2.24. The van der Waals surface area contributed by atoms with Gasteiger partial charge in [0, 0.05) is 16.6 Å². The van der Waals surface area contributed by atoms with Crippen LogP contribution in [0.4, 0.5) is 13.2 Å². The van der Waals surface area contributed by atoms with Gasteiger partial charge in [-0.15, -0.1) is 11.6 Å². The maximum atomic E-state index is 12.9. The van der Waals surface area contributed by atoms with Crippen molar-refractivity contribution >= 4 is 31.3 Å². The normalized spacial score (nSPS) is 12.2. The number of nitriles is 1. The van der Waals surface area contributed by atoms with Crippen molar-refractivity contribution in [3.63, 3.8) is 0 Å². The van der Waals surface area contributed by atoms with Crippen LogP contribution in [0.2, 0.25) is 0 Å². The summed E-state index contributed by atoms with van der Waals surface area (Å²) in [4.78, 5) is -1.25. The van der Waals surface area contributed by atoms with Crippen LogP contribution in [0.1, 0.15) is 16.7 Å². The van der Waals surface area contributed by atoms with Crippen LogP contribution in [0.5, 0.6) is 0 Å². The van der Waals surface area contributed by atoms with E-state index in [1.807, 2.05) is 0 Å². The molecule has 1 aromatic rings. The highest BCUT2D eigenvalue weighted by Crippen LogP contribution is 2.40. The molecular formula is C9H4Cl2F3NO2S. The average molecular weight is 318 g/mol. The molecule has 3 nitrogen and oxygen atoms in total. The van der Waals surface area contributed by atoms with Crippen LogP contribution in [-0.2, 0) is 21.1 Å². The minimum Gasteiger partial charge on any atom is -0.207 e. The quantitative estimate of drug-likeness (QED) is 0.621. The number of rotatable bonds is 2. The van der Waals surface area contributed by atoms with Crippen molar-refractivity contribution in [2.75, 3.05) is 0 Å². The minimum atomic E-state index is -4.98. The number of halogens is 5. The van der Waals surface area contributed by atoms with Crippen molar-refractivity contribution in [3.8, 4) is 6.07 Å². The molecule has 0 atom stereocenters. The van der Waals surface area contributed by atoms with E-state index in [1.54, 1.807) is 0 Å². The summed E-state index contributed by atoms with van der Waals surface area (Å²) in [6.45, 7) is 0. The summed E-state index contributed by atoms with van der Waals surface area (Å²) in [7, 11) is 0.240. The first-order valence-corrected chi connectivity index (χ1v) is 7.11. The smallest absolute Gasteiger partial charge is 0.207 e. The standard InChI is InChI=1S/C9H4Cl2F3NO2S/c10-3-5-1-2-6(4-15)8(18(11,16)17)7(5)9(12,13)14/h1-2H,3H2. The van der Waals surface area contributed by atoms with E-state index >= 15 is 0 Å². The van der Waals surface area contributed by atoms with E-state index in [-0.39, 0.29) is 0 Å². The molecule has 0 unspecified atom stereocenters. The molecule has 0 bridgehead atoms. The highest BCUT2D eigenvalue weighted by molar-refractivity contribution is 8.13. The summed E-state index contributed by atoms with van der Waals surface area (Å²) in [6, 6.07) is 3.24. The molecule has 0 saturated heterocycles. The molecule has 18 heavy (non-hydrogen) atoms. The fourth-order valence-electron chi connectivity index (χ4n) is 1.39. The van der Waals surface area contributed by atoms with Crippen LogP contribution in [0, 0.1) is 11.3 Å². The topological polar surface area (TPSA) is 57.9 Å². The second-order valence-corrected chi connectivity index (χ2v) is 5.93. The summed E-state index contributed by atoms with van der Waals surface area (Å²) in [5.41, 5.74) is -2.62. The van der Waals surface area contributed by atoms with Gasteiger partial charge in [-0.2, -0.15) is 18.4 Å². The molecule has 0 aromatic heterocycles. The largest absolute Gasteiger partial charge is 0.418 e. The molecule has 98 valence electrons. The predicted octanol–water partition coefficient (Wildman–Crippen LogP) is 3.24. The summed E-state index contributed by atoms with van der Waals surface area (Å²) < 4.78 is 61.0. The molecule has 9 heteroatoms. The first-order chi connectivity index (χ1) is 8.12. The number of hydrogen-bond acceptors (Lipinski definition) is 3. The van der Waals surface area contributed by atoms with Gasteiger partial charge in [0.25, 0.3) is 9.05 Å². The Kier molecular flexibility index (Phi) is 4.15. The van der Waals surface area contributed by atoms with E-state index in [1.165, 1.54) is 6.07 Å². The van der Waals surface area contributed by atoms with Gasteiger partial charge < -0.3 is 0 Å². The summed E-state index contributed by atoms with van der Waals surface area (Å²) in [5, 5.41) is 8.66. The van der Waals surface area contributed by atoms with Gasteiger partial charge in [-0.05, 0) is 11.6 Å². The zero-order valence-electron chi connectivity index (χ0n) is 8.42. The van der Waals surface area contributed by atoms with E-state index < -0.39 is 42.7 Å². The van der Waals surface area contributed by atoms with Crippen LogP contribution in [-0.4, -0.2) is 8.42 Å². The Bertz CT molecular complexity index is 620. The van der Waals surface area contributed by atoms with Crippen molar-refractivity contribution in [3.05, 3.63) is 28.8 Å². The lowest BCUT2D eigenvalue weighted by atomic mass is 10.0. The Morgan fingerprint density at radius 1 is 1.33 bits per heavy atom. The highest BCUT2D eigenvalue weighted by atomic mass is 35.7. The van der Waals surface area contributed by atoms with E-state index in [0.717, 1.165) is 12.1 Å². The SMILES string of the molecule is N#Cc1ccc(CCl)c(C(F)(F)F)c1S(=O)(=O)Cl. The summed E-state index contributed by atoms with van der Waals surface area (Å²) >= 11 is 5.33. The third-order valence-corrected chi connectivity index (χ3v) is 3.70. The van der Waals surface area contributed by atoms with Gasteiger partial charge in [-0.1, -0.05) is 6.07 Å². The van der Waals surface area contributed by atoms with Gasteiger partial charge in [0.2, 0.25) is 0 Å². The number of hydrogen-bond donors (Lipinski definition) is 0. The molecule has 0 heterocycles. The van der Waals surface area contributed by atoms with Crippen molar-refractivity contribution in [1.82, 2.24) is 0 Å². The molecule has 0 aliphatic heterocycles. The Morgan fingerprint density at radius 3 is 2.22 bits per heavy atom. The van der Waals surface area contributed by atoms with E-state index in [0.29, 0.717) is 0 Å². The number of benzene rings is 1. The first-order valence-electron chi connectivity index (χ1n) is 4.26. The molecule has 0 aliphatic rings. The molecule has 0 N–H and O–H groups in total. The predicted molar refractivity (Wildman–Crippen MR) is 58.8 cm³/mol. The van der Waals surface area contributed by atoms with Gasteiger partial charge in [0.15, 0.2) is 0 Å². The molecule has 1 rings (SSSR count). The summed E-state index contributed by atoms with van der Waals surface area (Å²) in [6.07, 6.45) is -4.98. The molecule has 0 saturated carbocycles. The Morgan fingerprint density at radius 2 is 1.89 bits per heavy atom. The van der Waals surface area contributed by atoms with Gasteiger partial charge >= 0.3 is 6.18 Å². The fraction of sp³-hybridized carbons (Fsp3) is 0.222. The van der Waals surface area contributed by atoms with Crippen molar-refractivity contribution in [1.29, 1.82) is 5.26 Å². The van der Waals surface area contributed by atoms with Crippen LogP contribution in [0.3, 0.4) is 0 Å². The zero-order valence-corrected chi connectivity index (χ0v) is 10.8. The lowest BCUT2D eigenvalue weighted by Gasteiger charge is -2.15. The molecular weight excluding hydrogens is 314 g/mol. The molecule has 0 amide bonds. The monoisotopic (exact) mass is 317 g/mol. The Labute approximate surface area is 110 Å². The fourth-order valence-corrected chi connectivity index (χ4v) is 2.96. The van der Waals surface area contributed by atoms with Crippen LogP contribution in [0.15, 0.2) is 17.0 Å². The second kappa shape index (κ2) is 4.96. The molecule has 0 fully saturated rings. The second-order valence-electron chi connectivity index (χ2n) is 3.16. The maximum absolute atomic E-state index is 12.9. The lowest BCUT2D eigenvalue weighted by molar-refractivity contribution is -0.140. The molecule has 0 radical (unpaired) electrons. The number of alkyl halides is 4. The molecule has 0 aliphatic carbocycles. The van der Waals surface area contributed by atoms with Gasteiger partial charge in [0.1, 0.15) is 11.0 Å². The van der Waals surface area contributed by atoms with Crippen molar-refractivity contribution in [2.24, 2.45) is 0 Å². The minimum absolute atomic E-state index is 0.456. The molecule has 0 spiro atoms. The Hall–Kier alpha value is -0.970. The van der Waals surface area contributed by atoms with E-state index in [2.05, 4.69) is 0 Å². The summed E-state index contributed by atoms with van der Waals surface area (Å²) in [5.74, 6) is -0.556. The van der Waals surface area contributed by atoms with Crippen LogP contribution >= 0.6 is 22.3 Å². The third-order valence-electron chi connectivity index (χ3n) is 2.04. The van der Waals surface area contributed by atoms with E-state index in [4.69, 9.17) is 27.5 Å².